The summed E-state index contributed by atoms with van der Waals surface area (Å²) in [5, 5.41) is 8.91. The largest absolute Gasteiger partial charge is 0.481 e. The zero-order valence-electron chi connectivity index (χ0n) is 9.36. The number of halogens is 2. The summed E-state index contributed by atoms with van der Waals surface area (Å²) in [7, 11) is 0. The first-order valence-electron chi connectivity index (χ1n) is 5.46. The Labute approximate surface area is 125 Å². The van der Waals surface area contributed by atoms with Crippen LogP contribution >= 0.6 is 43.2 Å². The Hall–Kier alpha value is -0.400. The molecule has 1 aromatic rings. The van der Waals surface area contributed by atoms with E-state index in [0.717, 1.165) is 7.57 Å². The van der Waals surface area contributed by atoms with Gasteiger partial charge in [-0.05, 0) is 50.8 Å². The van der Waals surface area contributed by atoms with Crippen LogP contribution in [0.25, 0.3) is 0 Å². The van der Waals surface area contributed by atoms with Gasteiger partial charge in [-0.3, -0.25) is 9.59 Å². The lowest BCUT2D eigenvalue weighted by Crippen LogP contribution is -2.40. The molecule has 1 aliphatic rings. The summed E-state index contributed by atoms with van der Waals surface area (Å²) in [4.78, 5) is 24.8. The van der Waals surface area contributed by atoms with Crippen LogP contribution in [-0.4, -0.2) is 35.0 Å². The van der Waals surface area contributed by atoms with E-state index in [4.69, 9.17) is 5.11 Å². The van der Waals surface area contributed by atoms with Crippen LogP contribution in [0.1, 0.15) is 23.2 Å². The van der Waals surface area contributed by atoms with E-state index in [9.17, 15) is 9.59 Å². The molecule has 4 nitrogen and oxygen atoms in total. The number of likely N-dealkylation sites (tertiary alicyclic amines) is 1. The fraction of sp³-hybridized carbons (Fsp3) is 0.455. The maximum Gasteiger partial charge on any atom is 0.306 e. The highest BCUT2D eigenvalue weighted by molar-refractivity contribution is 9.12. The summed E-state index contributed by atoms with van der Waals surface area (Å²) in [6, 6.07) is 1.79. The smallest absolute Gasteiger partial charge is 0.306 e. The molecule has 0 bridgehead atoms. The van der Waals surface area contributed by atoms with E-state index in [2.05, 4.69) is 31.9 Å². The van der Waals surface area contributed by atoms with Gasteiger partial charge in [0, 0.05) is 13.1 Å². The van der Waals surface area contributed by atoms with Gasteiger partial charge >= 0.3 is 5.97 Å². The first-order chi connectivity index (χ1) is 8.49. The highest BCUT2D eigenvalue weighted by Crippen LogP contribution is 2.33. The maximum absolute atomic E-state index is 12.2. The minimum absolute atomic E-state index is 0.0346. The molecular weight excluding hydrogens is 386 g/mol. The Morgan fingerprint density at radius 1 is 1.33 bits per heavy atom. The molecule has 7 heteroatoms. The summed E-state index contributed by atoms with van der Waals surface area (Å²) in [5.74, 6) is -1.11. The summed E-state index contributed by atoms with van der Waals surface area (Å²) >= 11 is 8.17. The molecule has 0 unspecified atom stereocenters. The summed E-state index contributed by atoms with van der Waals surface area (Å²) in [5.41, 5.74) is 0.639. The minimum atomic E-state index is -0.762. The number of carboxylic acid groups (broad SMARTS) is 1. The summed E-state index contributed by atoms with van der Waals surface area (Å²) < 4.78 is 1.71. The molecule has 1 aromatic heterocycles. The fourth-order valence-electron chi connectivity index (χ4n) is 1.99. The molecule has 0 aliphatic carbocycles. The van der Waals surface area contributed by atoms with Crippen molar-refractivity contribution < 1.29 is 14.7 Å². The van der Waals surface area contributed by atoms with Crippen LogP contribution in [0.5, 0.6) is 0 Å². The van der Waals surface area contributed by atoms with Crippen LogP contribution in [0.4, 0.5) is 0 Å². The second-order valence-electron chi connectivity index (χ2n) is 4.14. The predicted molar refractivity (Wildman–Crippen MR) is 76.0 cm³/mol. The number of nitrogens with zero attached hydrogens (tertiary/aromatic N) is 1. The lowest BCUT2D eigenvalue weighted by molar-refractivity contribution is -0.143. The number of carboxylic acids is 1. The average molecular weight is 397 g/mol. The Kier molecular flexibility index (Phi) is 4.45. The van der Waals surface area contributed by atoms with E-state index < -0.39 is 5.97 Å². The van der Waals surface area contributed by atoms with Gasteiger partial charge in [0.1, 0.15) is 0 Å². The van der Waals surface area contributed by atoms with Crippen LogP contribution < -0.4 is 0 Å². The third-order valence-electron chi connectivity index (χ3n) is 3.02. The maximum atomic E-state index is 12.2. The van der Waals surface area contributed by atoms with E-state index in [1.54, 1.807) is 11.0 Å². The standard InChI is InChI=1S/C11H11Br2NO3S/c12-8-5-7(9(13)18-8)10(15)14-3-1-6(2-4-14)11(16)17/h5-6H,1-4H2,(H,16,17). The molecule has 18 heavy (non-hydrogen) atoms. The first kappa shape index (κ1) is 14.0. The van der Waals surface area contributed by atoms with Gasteiger partial charge in [0.05, 0.1) is 19.1 Å². The van der Waals surface area contributed by atoms with E-state index in [1.807, 2.05) is 0 Å². The highest BCUT2D eigenvalue weighted by atomic mass is 79.9. The van der Waals surface area contributed by atoms with Crippen molar-refractivity contribution in [2.45, 2.75) is 12.8 Å². The zero-order chi connectivity index (χ0) is 13.3. The van der Waals surface area contributed by atoms with Gasteiger partial charge in [0.2, 0.25) is 0 Å². The fourth-order valence-corrected chi connectivity index (χ4v) is 4.76. The Morgan fingerprint density at radius 3 is 2.39 bits per heavy atom. The molecule has 2 heterocycles. The van der Waals surface area contributed by atoms with Crippen molar-refractivity contribution in [3.8, 4) is 0 Å². The van der Waals surface area contributed by atoms with Gasteiger partial charge in [-0.15, -0.1) is 11.3 Å². The number of carbonyl (C=O) groups excluding carboxylic acids is 1. The first-order valence-corrected chi connectivity index (χ1v) is 7.86. The zero-order valence-corrected chi connectivity index (χ0v) is 13.3. The molecule has 0 saturated carbocycles. The molecular formula is C11H11Br2NO3S. The number of amides is 1. The van der Waals surface area contributed by atoms with Crippen molar-refractivity contribution in [1.29, 1.82) is 0 Å². The van der Waals surface area contributed by atoms with Gasteiger partial charge in [-0.2, -0.15) is 0 Å². The summed E-state index contributed by atoms with van der Waals surface area (Å²) in [6.07, 6.45) is 1.06. The molecule has 1 fully saturated rings. The van der Waals surface area contributed by atoms with Gasteiger partial charge in [0.15, 0.2) is 0 Å². The van der Waals surface area contributed by atoms with E-state index in [1.165, 1.54) is 11.3 Å². The third kappa shape index (κ3) is 2.95. The molecule has 1 saturated heterocycles. The third-order valence-corrected chi connectivity index (χ3v) is 5.36. The molecule has 0 aromatic carbocycles. The van der Waals surface area contributed by atoms with E-state index in [0.29, 0.717) is 31.5 Å². The van der Waals surface area contributed by atoms with Crippen LogP contribution in [0.2, 0.25) is 0 Å². The van der Waals surface area contributed by atoms with Crippen molar-refractivity contribution in [1.82, 2.24) is 4.90 Å². The number of hydrogen-bond acceptors (Lipinski definition) is 3. The molecule has 1 N–H and O–H groups in total. The molecule has 0 atom stereocenters. The van der Waals surface area contributed by atoms with Gasteiger partial charge in [0.25, 0.3) is 5.91 Å². The quantitative estimate of drug-likeness (QED) is 0.834. The van der Waals surface area contributed by atoms with Gasteiger partial charge in [-0.25, -0.2) is 0 Å². The monoisotopic (exact) mass is 395 g/mol. The number of hydrogen-bond donors (Lipinski definition) is 1. The molecule has 0 radical (unpaired) electrons. The van der Waals surface area contributed by atoms with E-state index in [-0.39, 0.29) is 11.8 Å². The second-order valence-corrected chi connectivity index (χ2v) is 7.89. The highest BCUT2D eigenvalue weighted by Gasteiger charge is 2.28. The van der Waals surface area contributed by atoms with Crippen molar-refractivity contribution in [2.75, 3.05) is 13.1 Å². The van der Waals surface area contributed by atoms with Crippen molar-refractivity contribution in [3.05, 3.63) is 19.2 Å². The Bertz CT molecular complexity index is 481. The molecule has 0 spiro atoms. The average Bonchev–Trinajstić information content (AvgIpc) is 2.67. The van der Waals surface area contributed by atoms with Crippen LogP contribution in [0, 0.1) is 5.92 Å². The number of thiophene rings is 1. The molecule has 1 aliphatic heterocycles. The van der Waals surface area contributed by atoms with Gasteiger partial charge < -0.3 is 10.0 Å². The Morgan fingerprint density at radius 2 is 1.94 bits per heavy atom. The van der Waals surface area contributed by atoms with E-state index >= 15 is 0 Å². The van der Waals surface area contributed by atoms with Crippen molar-refractivity contribution >= 4 is 55.1 Å². The number of aliphatic carboxylic acids is 1. The molecule has 2 rings (SSSR count). The second kappa shape index (κ2) is 5.71. The Balaban J connectivity index is 2.04. The van der Waals surface area contributed by atoms with Crippen LogP contribution in [0.15, 0.2) is 13.6 Å². The topological polar surface area (TPSA) is 57.6 Å². The normalized spacial score (nSPS) is 16.9. The molecule has 98 valence electrons. The number of rotatable bonds is 2. The number of piperidine rings is 1. The lowest BCUT2D eigenvalue weighted by atomic mass is 9.97. The SMILES string of the molecule is O=C(O)C1CCN(C(=O)c2cc(Br)sc2Br)CC1. The van der Waals surface area contributed by atoms with Crippen LogP contribution in [-0.2, 0) is 4.79 Å². The number of carbonyl (C=O) groups is 2. The van der Waals surface area contributed by atoms with Crippen molar-refractivity contribution in [2.24, 2.45) is 5.92 Å². The van der Waals surface area contributed by atoms with Crippen molar-refractivity contribution in [3.63, 3.8) is 0 Å². The predicted octanol–water partition coefficient (Wildman–Crippen LogP) is 3.21. The van der Waals surface area contributed by atoms with Crippen LogP contribution in [0.3, 0.4) is 0 Å². The lowest BCUT2D eigenvalue weighted by Gasteiger charge is -2.30. The molecule has 1 amide bonds. The summed E-state index contributed by atoms with van der Waals surface area (Å²) in [6.45, 7) is 1.02. The van der Waals surface area contributed by atoms with Gasteiger partial charge in [-0.1, -0.05) is 0 Å². The minimum Gasteiger partial charge on any atom is -0.481 e.